The smallest absolute Gasteiger partial charge is 0.417 e. The second kappa shape index (κ2) is 9.79. The Hall–Kier alpha value is -3.86. The third kappa shape index (κ3) is 4.99. The van der Waals surface area contributed by atoms with E-state index >= 15 is 0 Å². The standard InChI is InChI=1S/C24H25NO10/c1-12(26)25-20-22(35-24(25)29)21(32-14(3)28)19(11-31-13(2)27)34-23(20)33-18-8-6-15-5-7-17(30-4)9-16(15)10-18/h5-10,19-23H,11H2,1-4H3/t19-,20-,21-,22-,23?/m1/s1. The number of hydrogen-bond donors (Lipinski definition) is 0. The first-order valence-electron chi connectivity index (χ1n) is 10.9. The van der Waals surface area contributed by atoms with Gasteiger partial charge in [0.1, 0.15) is 30.3 Å². The Morgan fingerprint density at radius 2 is 1.66 bits per heavy atom. The molecule has 1 unspecified atom stereocenters. The summed E-state index contributed by atoms with van der Waals surface area (Å²) < 4.78 is 33.3. The molecule has 4 rings (SSSR count). The number of imide groups is 1. The molecule has 0 aliphatic carbocycles. The van der Waals surface area contributed by atoms with Crippen molar-refractivity contribution >= 4 is 34.7 Å². The van der Waals surface area contributed by atoms with Crippen LogP contribution in [0, 0.1) is 0 Å². The van der Waals surface area contributed by atoms with Gasteiger partial charge in [-0.25, -0.2) is 9.69 Å². The van der Waals surface area contributed by atoms with Gasteiger partial charge in [0.2, 0.25) is 12.2 Å². The molecule has 2 aliphatic rings. The predicted octanol–water partition coefficient (Wildman–Crippen LogP) is 2.18. The molecule has 0 N–H and O–H groups in total. The average molecular weight is 487 g/mol. The van der Waals surface area contributed by atoms with Crippen LogP contribution >= 0.6 is 0 Å². The zero-order valence-electron chi connectivity index (χ0n) is 19.6. The minimum atomic E-state index is -1.20. The van der Waals surface area contributed by atoms with Crippen LogP contribution in [-0.2, 0) is 33.3 Å². The van der Waals surface area contributed by atoms with Gasteiger partial charge in [0.15, 0.2) is 12.2 Å². The lowest BCUT2D eigenvalue weighted by Gasteiger charge is -2.42. The molecule has 0 saturated carbocycles. The average Bonchev–Trinajstić information content (AvgIpc) is 3.16. The molecule has 11 heteroatoms. The van der Waals surface area contributed by atoms with Crippen LogP contribution in [0.3, 0.4) is 0 Å². The summed E-state index contributed by atoms with van der Waals surface area (Å²) in [4.78, 5) is 48.9. The number of rotatable bonds is 6. The summed E-state index contributed by atoms with van der Waals surface area (Å²) in [6, 6.07) is 9.80. The third-order valence-corrected chi connectivity index (χ3v) is 5.71. The van der Waals surface area contributed by atoms with E-state index in [0.717, 1.165) is 15.7 Å². The SMILES string of the molecule is COc1ccc2ccc(OC3O[C@H](COC(C)=O)[C@@H](OC(C)=O)[C@@H]4OC(=O)N(C(C)=O)[C@@H]34)cc2c1. The minimum Gasteiger partial charge on any atom is -0.497 e. The summed E-state index contributed by atoms with van der Waals surface area (Å²) >= 11 is 0. The van der Waals surface area contributed by atoms with Crippen molar-refractivity contribution in [3.63, 3.8) is 0 Å². The van der Waals surface area contributed by atoms with Crippen LogP contribution in [0.15, 0.2) is 36.4 Å². The maximum absolute atomic E-state index is 12.6. The van der Waals surface area contributed by atoms with E-state index in [0.29, 0.717) is 11.5 Å². The molecule has 5 atom stereocenters. The molecule has 0 aromatic heterocycles. The van der Waals surface area contributed by atoms with E-state index in [9.17, 15) is 19.2 Å². The monoisotopic (exact) mass is 487 g/mol. The zero-order valence-corrected chi connectivity index (χ0v) is 19.6. The molecule has 0 bridgehead atoms. The summed E-state index contributed by atoms with van der Waals surface area (Å²) in [5.74, 6) is -0.790. The Morgan fingerprint density at radius 1 is 0.971 bits per heavy atom. The van der Waals surface area contributed by atoms with Crippen molar-refractivity contribution in [3.05, 3.63) is 36.4 Å². The molecular formula is C24H25NO10. The maximum Gasteiger partial charge on any atom is 0.417 e. The van der Waals surface area contributed by atoms with Gasteiger partial charge in [-0.15, -0.1) is 0 Å². The van der Waals surface area contributed by atoms with Crippen molar-refractivity contribution in [1.29, 1.82) is 0 Å². The van der Waals surface area contributed by atoms with Crippen LogP contribution < -0.4 is 9.47 Å². The summed E-state index contributed by atoms with van der Waals surface area (Å²) in [5.41, 5.74) is 0. The van der Waals surface area contributed by atoms with Crippen LogP contribution in [0.5, 0.6) is 11.5 Å². The Morgan fingerprint density at radius 3 is 2.29 bits per heavy atom. The summed E-state index contributed by atoms with van der Waals surface area (Å²) in [6.45, 7) is 3.32. The van der Waals surface area contributed by atoms with Crippen LogP contribution in [0.4, 0.5) is 4.79 Å². The molecule has 2 aromatic rings. The first-order chi connectivity index (χ1) is 16.7. The largest absolute Gasteiger partial charge is 0.497 e. The maximum atomic E-state index is 12.6. The molecule has 2 amide bonds. The first-order valence-corrected chi connectivity index (χ1v) is 10.9. The second-order valence-electron chi connectivity index (χ2n) is 8.14. The normalized spacial score (nSPS) is 25.4. The van der Waals surface area contributed by atoms with Gasteiger partial charge < -0.3 is 28.4 Å². The molecule has 0 spiro atoms. The predicted molar refractivity (Wildman–Crippen MR) is 119 cm³/mol. The Balaban J connectivity index is 1.69. The number of nitrogens with zero attached hydrogens (tertiary/aromatic N) is 1. The highest BCUT2D eigenvalue weighted by Crippen LogP contribution is 2.36. The number of benzene rings is 2. The van der Waals surface area contributed by atoms with E-state index in [1.165, 1.54) is 20.8 Å². The lowest BCUT2D eigenvalue weighted by molar-refractivity contribution is -0.247. The fraction of sp³-hybridized carbons (Fsp3) is 0.417. The molecule has 2 heterocycles. The molecule has 2 aliphatic heterocycles. The fourth-order valence-electron chi connectivity index (χ4n) is 4.23. The van der Waals surface area contributed by atoms with E-state index in [-0.39, 0.29) is 6.61 Å². The van der Waals surface area contributed by atoms with E-state index in [4.69, 9.17) is 28.4 Å². The Kier molecular flexibility index (Phi) is 6.79. The number of amides is 2. The van der Waals surface area contributed by atoms with Crippen LogP contribution in [-0.4, -0.2) is 73.2 Å². The van der Waals surface area contributed by atoms with Crippen LogP contribution in [0.2, 0.25) is 0 Å². The fourth-order valence-corrected chi connectivity index (χ4v) is 4.23. The summed E-state index contributed by atoms with van der Waals surface area (Å²) in [6.07, 6.45) is -5.38. The van der Waals surface area contributed by atoms with Gasteiger partial charge in [-0.1, -0.05) is 12.1 Å². The van der Waals surface area contributed by atoms with Gasteiger partial charge in [0, 0.05) is 20.8 Å². The number of fused-ring (bicyclic) bond motifs is 2. The molecular weight excluding hydrogens is 462 g/mol. The van der Waals surface area contributed by atoms with Crippen molar-refractivity contribution in [2.45, 2.75) is 51.4 Å². The first kappa shape index (κ1) is 24.3. The molecule has 35 heavy (non-hydrogen) atoms. The van der Waals surface area contributed by atoms with Crippen LogP contribution in [0.25, 0.3) is 10.8 Å². The molecule has 186 valence electrons. The van der Waals surface area contributed by atoms with Crippen molar-refractivity contribution in [2.75, 3.05) is 13.7 Å². The lowest BCUT2D eigenvalue weighted by Crippen LogP contribution is -2.63. The summed E-state index contributed by atoms with van der Waals surface area (Å²) in [7, 11) is 1.56. The number of carbonyl (C=O) groups excluding carboxylic acids is 4. The minimum absolute atomic E-state index is 0.289. The quantitative estimate of drug-likeness (QED) is 0.442. The second-order valence-corrected chi connectivity index (χ2v) is 8.14. The Labute approximate surface area is 200 Å². The van der Waals surface area contributed by atoms with Gasteiger partial charge in [-0.2, -0.15) is 0 Å². The van der Waals surface area contributed by atoms with E-state index in [2.05, 4.69) is 0 Å². The number of carbonyl (C=O) groups is 4. The highest BCUT2D eigenvalue weighted by atomic mass is 16.7. The number of esters is 2. The van der Waals surface area contributed by atoms with E-state index in [1.54, 1.807) is 19.2 Å². The number of hydrogen-bond acceptors (Lipinski definition) is 10. The topological polar surface area (TPSA) is 127 Å². The Bertz CT molecular complexity index is 1160. The van der Waals surface area contributed by atoms with Crippen LogP contribution in [0.1, 0.15) is 20.8 Å². The summed E-state index contributed by atoms with van der Waals surface area (Å²) in [5, 5.41) is 1.76. The zero-order chi connectivity index (χ0) is 25.3. The molecule has 0 radical (unpaired) electrons. The van der Waals surface area contributed by atoms with E-state index in [1.807, 2.05) is 24.3 Å². The van der Waals surface area contributed by atoms with Crippen molar-refractivity contribution in [2.24, 2.45) is 0 Å². The van der Waals surface area contributed by atoms with Gasteiger partial charge in [0.05, 0.1) is 7.11 Å². The number of ether oxygens (including phenoxy) is 6. The highest BCUT2D eigenvalue weighted by molar-refractivity contribution is 5.92. The van der Waals surface area contributed by atoms with Crippen molar-refractivity contribution in [3.8, 4) is 11.5 Å². The van der Waals surface area contributed by atoms with Gasteiger partial charge in [-0.3, -0.25) is 14.4 Å². The lowest BCUT2D eigenvalue weighted by atomic mass is 9.96. The molecule has 2 fully saturated rings. The molecule has 2 aromatic carbocycles. The number of methoxy groups -OCH3 is 1. The van der Waals surface area contributed by atoms with Gasteiger partial charge in [0.25, 0.3) is 0 Å². The van der Waals surface area contributed by atoms with Crippen molar-refractivity contribution in [1.82, 2.24) is 4.90 Å². The van der Waals surface area contributed by atoms with Crippen molar-refractivity contribution < 1.29 is 47.6 Å². The van der Waals surface area contributed by atoms with Gasteiger partial charge in [-0.05, 0) is 35.0 Å². The van der Waals surface area contributed by atoms with Gasteiger partial charge >= 0.3 is 18.0 Å². The highest BCUT2D eigenvalue weighted by Gasteiger charge is 2.60. The molecule has 2 saturated heterocycles. The third-order valence-electron chi connectivity index (χ3n) is 5.71. The molecule has 11 nitrogen and oxygen atoms in total. The van der Waals surface area contributed by atoms with E-state index < -0.39 is 54.6 Å².